The second kappa shape index (κ2) is 3.98. The number of hydrogen-bond acceptors (Lipinski definition) is 1. The van der Waals surface area contributed by atoms with Crippen LogP contribution in [0.25, 0.3) is 0 Å². The maximum Gasteiger partial charge on any atom is 0.0711 e. The zero-order chi connectivity index (χ0) is 12.1. The zero-order valence-corrected chi connectivity index (χ0v) is 11.8. The molecule has 0 bridgehead atoms. The van der Waals surface area contributed by atoms with Crippen molar-refractivity contribution in [3.63, 3.8) is 0 Å². The van der Waals surface area contributed by atoms with E-state index in [9.17, 15) is 0 Å². The molecule has 1 heterocycles. The van der Waals surface area contributed by atoms with Crippen molar-refractivity contribution in [2.45, 2.75) is 71.3 Å². The maximum absolute atomic E-state index is 6.21. The van der Waals surface area contributed by atoms with Crippen LogP contribution in [0.4, 0.5) is 0 Å². The van der Waals surface area contributed by atoms with Crippen LogP contribution in [0, 0.1) is 23.2 Å². The summed E-state index contributed by atoms with van der Waals surface area (Å²) >= 11 is 0. The lowest BCUT2D eigenvalue weighted by atomic mass is 9.52. The van der Waals surface area contributed by atoms with Gasteiger partial charge in [0.2, 0.25) is 0 Å². The Morgan fingerprint density at radius 3 is 2.65 bits per heavy atom. The summed E-state index contributed by atoms with van der Waals surface area (Å²) in [7, 11) is 0. The largest absolute Gasteiger partial charge is 0.375 e. The first kappa shape index (κ1) is 12.0. The van der Waals surface area contributed by atoms with Crippen molar-refractivity contribution in [3.05, 3.63) is 0 Å². The van der Waals surface area contributed by atoms with E-state index in [4.69, 9.17) is 4.74 Å². The van der Waals surface area contributed by atoms with Crippen LogP contribution < -0.4 is 0 Å². The second-order valence-corrected chi connectivity index (χ2v) is 7.35. The molecule has 3 rings (SSSR count). The van der Waals surface area contributed by atoms with E-state index in [0.717, 1.165) is 24.4 Å². The Morgan fingerprint density at radius 1 is 1.06 bits per heavy atom. The SMILES string of the molecule is CC[C@@]12CC[C@@H]3C(CCCC3(C)C)[C@@H]1CCO2. The third-order valence-electron chi connectivity index (χ3n) is 6.37. The van der Waals surface area contributed by atoms with Crippen LogP contribution in [0.3, 0.4) is 0 Å². The van der Waals surface area contributed by atoms with E-state index in [1.165, 1.54) is 44.9 Å². The Bertz CT molecular complexity index is 296. The normalized spacial score (nSPS) is 48.5. The lowest BCUT2D eigenvalue weighted by Gasteiger charge is -2.54. The molecule has 1 saturated heterocycles. The fourth-order valence-corrected chi connectivity index (χ4v) is 5.41. The van der Waals surface area contributed by atoms with Crippen LogP contribution in [-0.4, -0.2) is 12.2 Å². The van der Waals surface area contributed by atoms with Crippen molar-refractivity contribution in [1.82, 2.24) is 0 Å². The summed E-state index contributed by atoms with van der Waals surface area (Å²) in [5.41, 5.74) is 0.875. The lowest BCUT2D eigenvalue weighted by Crippen LogP contribution is -2.50. The monoisotopic (exact) mass is 236 g/mol. The van der Waals surface area contributed by atoms with Crippen LogP contribution in [-0.2, 0) is 4.74 Å². The third kappa shape index (κ3) is 1.69. The van der Waals surface area contributed by atoms with Gasteiger partial charge in [0.25, 0.3) is 0 Å². The molecule has 2 saturated carbocycles. The average Bonchev–Trinajstić information content (AvgIpc) is 2.73. The Labute approximate surface area is 106 Å². The van der Waals surface area contributed by atoms with Crippen LogP contribution >= 0.6 is 0 Å². The molecular weight excluding hydrogens is 208 g/mol. The van der Waals surface area contributed by atoms with E-state index in [1.807, 2.05) is 0 Å². The molecule has 1 aliphatic heterocycles. The predicted molar refractivity (Wildman–Crippen MR) is 70.9 cm³/mol. The van der Waals surface area contributed by atoms with Gasteiger partial charge in [-0.25, -0.2) is 0 Å². The summed E-state index contributed by atoms with van der Waals surface area (Å²) in [6.45, 7) is 8.39. The van der Waals surface area contributed by atoms with Crippen LogP contribution in [0.5, 0.6) is 0 Å². The molecule has 3 aliphatic rings. The third-order valence-corrected chi connectivity index (χ3v) is 6.37. The van der Waals surface area contributed by atoms with Gasteiger partial charge in [-0.15, -0.1) is 0 Å². The van der Waals surface area contributed by atoms with Crippen molar-refractivity contribution in [1.29, 1.82) is 0 Å². The molecule has 0 aromatic rings. The standard InChI is InChI=1S/C16H28O/c1-4-16-10-7-13-12(14(16)8-11-17-16)6-5-9-15(13,2)3/h12-14H,4-11H2,1-3H3/t12?,13-,14+,16-/m1/s1. The van der Waals surface area contributed by atoms with Gasteiger partial charge in [-0.1, -0.05) is 27.2 Å². The van der Waals surface area contributed by atoms with Gasteiger partial charge < -0.3 is 4.74 Å². The van der Waals surface area contributed by atoms with Gasteiger partial charge in [0.1, 0.15) is 0 Å². The highest BCUT2D eigenvalue weighted by molar-refractivity contribution is 5.04. The molecule has 17 heavy (non-hydrogen) atoms. The molecule has 3 fully saturated rings. The van der Waals surface area contributed by atoms with Crippen LogP contribution in [0.1, 0.15) is 65.7 Å². The van der Waals surface area contributed by atoms with Crippen LogP contribution in [0.2, 0.25) is 0 Å². The Kier molecular flexibility index (Phi) is 2.81. The zero-order valence-electron chi connectivity index (χ0n) is 11.8. The molecule has 98 valence electrons. The summed E-state index contributed by atoms with van der Waals surface area (Å²) in [4.78, 5) is 0. The molecule has 2 aliphatic carbocycles. The summed E-state index contributed by atoms with van der Waals surface area (Å²) in [6.07, 6.45) is 9.70. The van der Waals surface area contributed by atoms with Gasteiger partial charge in [0.15, 0.2) is 0 Å². The number of fused-ring (bicyclic) bond motifs is 3. The van der Waals surface area contributed by atoms with E-state index in [-0.39, 0.29) is 5.60 Å². The summed E-state index contributed by atoms with van der Waals surface area (Å²) in [6, 6.07) is 0. The van der Waals surface area contributed by atoms with Crippen molar-refractivity contribution >= 4 is 0 Å². The summed E-state index contributed by atoms with van der Waals surface area (Å²) < 4.78 is 6.21. The van der Waals surface area contributed by atoms with Crippen LogP contribution in [0.15, 0.2) is 0 Å². The molecule has 4 atom stereocenters. The van der Waals surface area contributed by atoms with E-state index in [1.54, 1.807) is 0 Å². The van der Waals surface area contributed by atoms with Gasteiger partial charge >= 0.3 is 0 Å². The second-order valence-electron chi connectivity index (χ2n) is 7.35. The number of ether oxygens (including phenoxy) is 1. The van der Waals surface area contributed by atoms with Gasteiger partial charge in [0, 0.05) is 6.61 Å². The molecule has 0 aromatic heterocycles. The molecule has 0 spiro atoms. The summed E-state index contributed by atoms with van der Waals surface area (Å²) in [5, 5.41) is 0. The first-order valence-electron chi connectivity index (χ1n) is 7.73. The van der Waals surface area contributed by atoms with Crippen molar-refractivity contribution in [2.24, 2.45) is 23.2 Å². The predicted octanol–water partition coefficient (Wildman–Crippen LogP) is 4.41. The highest BCUT2D eigenvalue weighted by Crippen LogP contribution is 2.59. The smallest absolute Gasteiger partial charge is 0.0711 e. The van der Waals surface area contributed by atoms with E-state index in [0.29, 0.717) is 5.41 Å². The lowest BCUT2D eigenvalue weighted by molar-refractivity contribution is -0.112. The minimum absolute atomic E-state index is 0.286. The van der Waals surface area contributed by atoms with Gasteiger partial charge in [0.05, 0.1) is 5.60 Å². The molecule has 0 aromatic carbocycles. The molecule has 0 N–H and O–H groups in total. The topological polar surface area (TPSA) is 9.23 Å². The van der Waals surface area contributed by atoms with E-state index < -0.39 is 0 Å². The molecule has 0 radical (unpaired) electrons. The fourth-order valence-electron chi connectivity index (χ4n) is 5.41. The van der Waals surface area contributed by atoms with E-state index >= 15 is 0 Å². The Hall–Kier alpha value is -0.0400. The van der Waals surface area contributed by atoms with Gasteiger partial charge in [-0.05, 0) is 61.7 Å². The minimum atomic E-state index is 0.286. The van der Waals surface area contributed by atoms with Crippen molar-refractivity contribution in [2.75, 3.05) is 6.61 Å². The Balaban J connectivity index is 1.88. The molecule has 1 heteroatoms. The highest BCUT2D eigenvalue weighted by atomic mass is 16.5. The van der Waals surface area contributed by atoms with E-state index in [2.05, 4.69) is 20.8 Å². The molecular formula is C16H28O. The highest BCUT2D eigenvalue weighted by Gasteiger charge is 2.55. The fraction of sp³-hybridized carbons (Fsp3) is 1.00. The maximum atomic E-state index is 6.21. The van der Waals surface area contributed by atoms with Crippen molar-refractivity contribution < 1.29 is 4.74 Å². The van der Waals surface area contributed by atoms with Gasteiger partial charge in [-0.2, -0.15) is 0 Å². The minimum Gasteiger partial charge on any atom is -0.375 e. The Morgan fingerprint density at radius 2 is 1.88 bits per heavy atom. The molecule has 1 nitrogen and oxygen atoms in total. The number of rotatable bonds is 1. The van der Waals surface area contributed by atoms with Crippen molar-refractivity contribution in [3.8, 4) is 0 Å². The first-order valence-corrected chi connectivity index (χ1v) is 7.73. The average molecular weight is 236 g/mol. The first-order chi connectivity index (χ1) is 8.09. The molecule has 1 unspecified atom stereocenters. The quantitative estimate of drug-likeness (QED) is 0.655. The number of hydrogen-bond donors (Lipinski definition) is 0. The molecule has 0 amide bonds. The summed E-state index contributed by atoms with van der Waals surface area (Å²) in [5.74, 6) is 2.82. The van der Waals surface area contributed by atoms with Gasteiger partial charge in [-0.3, -0.25) is 0 Å².